The van der Waals surface area contributed by atoms with Crippen LogP contribution >= 0.6 is 0 Å². The summed E-state index contributed by atoms with van der Waals surface area (Å²) in [6.07, 6.45) is -5.99. The Morgan fingerprint density at radius 1 is 1.56 bits per heavy atom. The van der Waals surface area contributed by atoms with E-state index in [-0.39, 0.29) is 31.0 Å². The molecule has 0 rings (SSSR count). The first-order chi connectivity index (χ1) is 3.42. The monoisotopic (exact) mass is 151 g/mol. The Hall–Kier alpha value is 0.260. The van der Waals surface area contributed by atoms with Crippen LogP contribution < -0.4 is 35.3 Å². The Kier molecular flexibility index (Phi) is 5.51. The van der Waals surface area contributed by atoms with E-state index in [4.69, 9.17) is 0 Å². The van der Waals surface area contributed by atoms with Crippen LogP contribution in [0.1, 0.15) is 7.85 Å². The standard InChI is InChI=1S/C3H4F3NO.Na.H/c4-3(5,6)1-2(7)8;;/h1H2,(H2,7,8);;/q;+1;-1. The fourth-order valence-electron chi connectivity index (χ4n) is 0.198. The second-order valence-electron chi connectivity index (χ2n) is 1.26. The summed E-state index contributed by atoms with van der Waals surface area (Å²) in [5, 5.41) is 0. The van der Waals surface area contributed by atoms with Crippen LogP contribution in [-0.2, 0) is 4.79 Å². The molecular formula is C3H5F3NNaO. The van der Waals surface area contributed by atoms with Crippen molar-refractivity contribution in [1.82, 2.24) is 0 Å². The van der Waals surface area contributed by atoms with Crippen LogP contribution in [0.4, 0.5) is 13.2 Å². The van der Waals surface area contributed by atoms with Gasteiger partial charge in [0.15, 0.2) is 0 Å². The van der Waals surface area contributed by atoms with Crippen molar-refractivity contribution in [3.63, 3.8) is 0 Å². The third-order valence-electron chi connectivity index (χ3n) is 0.375. The van der Waals surface area contributed by atoms with Crippen molar-refractivity contribution in [2.45, 2.75) is 12.6 Å². The molecule has 0 fully saturated rings. The molecule has 2 N–H and O–H groups in total. The SMILES string of the molecule is NC(=O)CC(F)(F)F.[H-].[Na+]. The molecule has 0 aliphatic heterocycles. The Balaban J connectivity index is -0.000000245. The summed E-state index contributed by atoms with van der Waals surface area (Å²) >= 11 is 0. The molecule has 50 valence electrons. The molecule has 0 saturated heterocycles. The Morgan fingerprint density at radius 3 is 1.89 bits per heavy atom. The number of amides is 1. The second-order valence-corrected chi connectivity index (χ2v) is 1.26. The van der Waals surface area contributed by atoms with E-state index in [1.807, 2.05) is 0 Å². The van der Waals surface area contributed by atoms with Gasteiger partial charge >= 0.3 is 35.7 Å². The average Bonchev–Trinajstić information content (AvgIpc) is 1.21. The van der Waals surface area contributed by atoms with Gasteiger partial charge in [0.2, 0.25) is 5.91 Å². The van der Waals surface area contributed by atoms with E-state index in [1.165, 1.54) is 0 Å². The summed E-state index contributed by atoms with van der Waals surface area (Å²) in [5.41, 5.74) is 4.22. The van der Waals surface area contributed by atoms with Crippen LogP contribution in [0, 0.1) is 0 Å². The number of rotatable bonds is 1. The van der Waals surface area contributed by atoms with E-state index in [1.54, 1.807) is 0 Å². The smallest absolute Gasteiger partial charge is 1.00 e. The number of halogens is 3. The molecule has 0 atom stereocenters. The molecule has 0 aromatic rings. The maximum absolute atomic E-state index is 11.0. The molecule has 0 radical (unpaired) electrons. The molecule has 0 bridgehead atoms. The molecule has 0 unspecified atom stereocenters. The van der Waals surface area contributed by atoms with Crippen molar-refractivity contribution in [2.24, 2.45) is 5.73 Å². The zero-order chi connectivity index (χ0) is 6.78. The fourth-order valence-corrected chi connectivity index (χ4v) is 0.198. The van der Waals surface area contributed by atoms with Gasteiger partial charge in [-0.3, -0.25) is 4.79 Å². The van der Waals surface area contributed by atoms with Gasteiger partial charge in [-0.05, 0) is 0 Å². The summed E-state index contributed by atoms with van der Waals surface area (Å²) in [5.74, 6) is -1.35. The molecule has 0 aliphatic carbocycles. The van der Waals surface area contributed by atoms with Gasteiger partial charge in [0.1, 0.15) is 6.42 Å². The van der Waals surface area contributed by atoms with Gasteiger partial charge in [-0.25, -0.2) is 0 Å². The summed E-state index contributed by atoms with van der Waals surface area (Å²) in [6.45, 7) is 0. The summed E-state index contributed by atoms with van der Waals surface area (Å²) < 4.78 is 33.0. The maximum atomic E-state index is 11.0. The zero-order valence-electron chi connectivity index (χ0n) is 5.83. The molecule has 0 heterocycles. The zero-order valence-corrected chi connectivity index (χ0v) is 6.83. The van der Waals surface area contributed by atoms with E-state index in [9.17, 15) is 18.0 Å². The van der Waals surface area contributed by atoms with Crippen molar-refractivity contribution < 1.29 is 48.9 Å². The van der Waals surface area contributed by atoms with Crippen molar-refractivity contribution >= 4 is 5.91 Å². The van der Waals surface area contributed by atoms with E-state index < -0.39 is 18.5 Å². The van der Waals surface area contributed by atoms with Crippen LogP contribution in [0.15, 0.2) is 0 Å². The van der Waals surface area contributed by atoms with Gasteiger partial charge < -0.3 is 7.16 Å². The number of nitrogens with two attached hydrogens (primary N) is 1. The number of hydrogen-bond donors (Lipinski definition) is 1. The number of primary amides is 1. The Morgan fingerprint density at radius 2 is 1.89 bits per heavy atom. The molecule has 0 aromatic carbocycles. The summed E-state index contributed by atoms with van der Waals surface area (Å²) in [4.78, 5) is 9.52. The van der Waals surface area contributed by atoms with Gasteiger partial charge in [0.05, 0.1) is 0 Å². The molecule has 1 amide bonds. The van der Waals surface area contributed by atoms with Crippen molar-refractivity contribution in [3.05, 3.63) is 0 Å². The van der Waals surface area contributed by atoms with E-state index in [2.05, 4.69) is 5.73 Å². The molecule has 2 nitrogen and oxygen atoms in total. The van der Waals surface area contributed by atoms with Crippen LogP contribution in [0.5, 0.6) is 0 Å². The van der Waals surface area contributed by atoms with E-state index in [0.29, 0.717) is 0 Å². The molecule has 9 heavy (non-hydrogen) atoms. The van der Waals surface area contributed by atoms with Crippen LogP contribution in [0.3, 0.4) is 0 Å². The Bertz CT molecular complexity index is 106. The number of carbonyl (C=O) groups excluding carboxylic acids is 1. The minimum Gasteiger partial charge on any atom is -1.00 e. The number of carbonyl (C=O) groups is 1. The minimum atomic E-state index is -4.45. The third-order valence-corrected chi connectivity index (χ3v) is 0.375. The van der Waals surface area contributed by atoms with E-state index >= 15 is 0 Å². The molecular weight excluding hydrogens is 146 g/mol. The average molecular weight is 151 g/mol. The topological polar surface area (TPSA) is 43.1 Å². The van der Waals surface area contributed by atoms with Crippen molar-refractivity contribution in [3.8, 4) is 0 Å². The Labute approximate surface area is 73.4 Å². The predicted molar refractivity (Wildman–Crippen MR) is 21.0 cm³/mol. The van der Waals surface area contributed by atoms with Gasteiger partial charge in [-0.2, -0.15) is 13.2 Å². The maximum Gasteiger partial charge on any atom is 1.00 e. The summed E-state index contributed by atoms with van der Waals surface area (Å²) in [7, 11) is 0. The molecule has 0 spiro atoms. The van der Waals surface area contributed by atoms with Crippen LogP contribution in [0.2, 0.25) is 0 Å². The van der Waals surface area contributed by atoms with E-state index in [0.717, 1.165) is 0 Å². The third kappa shape index (κ3) is 11.7. The van der Waals surface area contributed by atoms with Gasteiger partial charge in [0, 0.05) is 0 Å². The summed E-state index contributed by atoms with van der Waals surface area (Å²) in [6, 6.07) is 0. The van der Waals surface area contributed by atoms with Crippen LogP contribution in [0.25, 0.3) is 0 Å². The first-order valence-corrected chi connectivity index (χ1v) is 1.77. The largest absolute Gasteiger partial charge is 1.00 e. The quantitative estimate of drug-likeness (QED) is 0.415. The molecule has 0 saturated carbocycles. The minimum absolute atomic E-state index is 0. The first-order valence-electron chi connectivity index (χ1n) is 1.77. The van der Waals surface area contributed by atoms with Gasteiger partial charge in [0.25, 0.3) is 0 Å². The molecule has 6 heteroatoms. The fraction of sp³-hybridized carbons (Fsp3) is 0.667. The molecule has 0 aromatic heterocycles. The first kappa shape index (κ1) is 12.0. The van der Waals surface area contributed by atoms with Crippen molar-refractivity contribution in [1.29, 1.82) is 0 Å². The normalized spacial score (nSPS) is 10.1. The molecule has 0 aliphatic rings. The number of hydrogen-bond acceptors (Lipinski definition) is 1. The second kappa shape index (κ2) is 4.14. The van der Waals surface area contributed by atoms with Crippen LogP contribution in [-0.4, -0.2) is 12.1 Å². The van der Waals surface area contributed by atoms with Gasteiger partial charge in [-0.15, -0.1) is 0 Å². The number of alkyl halides is 3. The van der Waals surface area contributed by atoms with Gasteiger partial charge in [-0.1, -0.05) is 0 Å². The van der Waals surface area contributed by atoms with Crippen molar-refractivity contribution in [2.75, 3.05) is 0 Å². The predicted octanol–water partition coefficient (Wildman–Crippen LogP) is -2.46.